The Hall–Kier alpha value is -2.33. The van der Waals surface area contributed by atoms with Gasteiger partial charge in [0.2, 0.25) is 5.91 Å². The van der Waals surface area contributed by atoms with Gasteiger partial charge in [-0.25, -0.2) is 0 Å². The van der Waals surface area contributed by atoms with E-state index < -0.39 is 0 Å². The molecule has 1 aliphatic carbocycles. The van der Waals surface area contributed by atoms with Crippen LogP contribution in [0.5, 0.6) is 11.5 Å². The van der Waals surface area contributed by atoms with Crippen molar-refractivity contribution in [3.05, 3.63) is 60.2 Å². The van der Waals surface area contributed by atoms with E-state index in [0.717, 1.165) is 50.4 Å². The summed E-state index contributed by atoms with van der Waals surface area (Å²) in [4.78, 5) is 18.3. The van der Waals surface area contributed by atoms with E-state index in [-0.39, 0.29) is 5.54 Å². The Morgan fingerprint density at radius 1 is 0.833 bits per heavy atom. The molecule has 3 aliphatic rings. The molecule has 2 aromatic carbocycles. The van der Waals surface area contributed by atoms with Gasteiger partial charge in [-0.05, 0) is 68.5 Å². The van der Waals surface area contributed by atoms with Gasteiger partial charge in [-0.2, -0.15) is 0 Å². The molecule has 2 aliphatic heterocycles. The fourth-order valence-corrected chi connectivity index (χ4v) is 5.72. The third kappa shape index (κ3) is 3.74. The maximum atomic E-state index is 13.6. The maximum Gasteiger partial charge on any atom is 0.243 e. The molecule has 0 aromatic heterocycles. The zero-order valence-corrected chi connectivity index (χ0v) is 17.8. The number of carbonyl (C=O) groups is 1. The molecule has 0 radical (unpaired) electrons. The lowest BCUT2D eigenvalue weighted by Gasteiger charge is -2.36. The normalized spacial score (nSPS) is 25.3. The zero-order valence-electron chi connectivity index (χ0n) is 17.8. The Labute approximate surface area is 179 Å². The van der Waals surface area contributed by atoms with Crippen molar-refractivity contribution < 1.29 is 9.53 Å². The maximum absolute atomic E-state index is 13.6. The highest BCUT2D eigenvalue weighted by Gasteiger charge is 2.54. The summed E-state index contributed by atoms with van der Waals surface area (Å²) < 4.78 is 5.92. The first-order valence-corrected chi connectivity index (χ1v) is 11.6. The number of amides is 1. The van der Waals surface area contributed by atoms with Gasteiger partial charge in [0.05, 0.1) is 0 Å². The highest BCUT2D eigenvalue weighted by Crippen LogP contribution is 2.42. The van der Waals surface area contributed by atoms with Crippen LogP contribution in [0.2, 0.25) is 0 Å². The first-order chi connectivity index (χ1) is 14.7. The van der Waals surface area contributed by atoms with Crippen LogP contribution in [0.25, 0.3) is 0 Å². The summed E-state index contributed by atoms with van der Waals surface area (Å²) >= 11 is 0. The summed E-state index contributed by atoms with van der Waals surface area (Å²) in [5.74, 6) is 2.11. The van der Waals surface area contributed by atoms with Gasteiger partial charge in [-0.1, -0.05) is 49.6 Å². The first kappa shape index (κ1) is 19.6. The van der Waals surface area contributed by atoms with Gasteiger partial charge in [0, 0.05) is 19.1 Å². The van der Waals surface area contributed by atoms with E-state index in [2.05, 4.69) is 21.9 Å². The predicted octanol–water partition coefficient (Wildman–Crippen LogP) is 5.38. The number of hydrogen-bond acceptors (Lipinski definition) is 3. The second-order valence-corrected chi connectivity index (χ2v) is 9.16. The van der Waals surface area contributed by atoms with Crippen LogP contribution in [0.4, 0.5) is 0 Å². The smallest absolute Gasteiger partial charge is 0.243 e. The molecule has 0 N–H and O–H groups in total. The van der Waals surface area contributed by atoms with Gasteiger partial charge in [0.15, 0.2) is 0 Å². The van der Waals surface area contributed by atoms with Crippen LogP contribution in [0.15, 0.2) is 54.6 Å². The highest BCUT2D eigenvalue weighted by atomic mass is 16.5. The first-order valence-electron chi connectivity index (χ1n) is 11.6. The lowest BCUT2D eigenvalue weighted by Crippen LogP contribution is -2.51. The summed E-state index contributed by atoms with van der Waals surface area (Å²) in [6.07, 6.45) is 9.43. The summed E-state index contributed by atoms with van der Waals surface area (Å²) in [5.41, 5.74) is 0.997. The van der Waals surface area contributed by atoms with Crippen molar-refractivity contribution in [2.45, 2.75) is 69.5 Å². The third-order valence-electron chi connectivity index (χ3n) is 7.34. The van der Waals surface area contributed by atoms with E-state index in [1.54, 1.807) is 0 Å². The van der Waals surface area contributed by atoms with Crippen molar-refractivity contribution in [2.75, 3.05) is 13.1 Å². The van der Waals surface area contributed by atoms with Crippen molar-refractivity contribution in [3.8, 4) is 11.5 Å². The van der Waals surface area contributed by atoms with Gasteiger partial charge in [0.25, 0.3) is 0 Å². The highest BCUT2D eigenvalue weighted by molar-refractivity contribution is 5.89. The van der Waals surface area contributed by atoms with Crippen molar-refractivity contribution in [1.82, 2.24) is 9.80 Å². The van der Waals surface area contributed by atoms with Crippen LogP contribution in [0, 0.1) is 0 Å². The molecule has 5 rings (SSSR count). The van der Waals surface area contributed by atoms with Gasteiger partial charge in [-0.15, -0.1) is 0 Å². The number of likely N-dealkylation sites (tertiary alicyclic amines) is 2. The lowest BCUT2D eigenvalue weighted by molar-refractivity contribution is -0.139. The summed E-state index contributed by atoms with van der Waals surface area (Å²) in [6.45, 7) is 2.81. The second-order valence-electron chi connectivity index (χ2n) is 9.16. The third-order valence-corrected chi connectivity index (χ3v) is 7.34. The van der Waals surface area contributed by atoms with Gasteiger partial charge in [0.1, 0.15) is 17.0 Å². The molecule has 2 saturated heterocycles. The Morgan fingerprint density at radius 3 is 2.33 bits per heavy atom. The van der Waals surface area contributed by atoms with Crippen LogP contribution in [0.1, 0.15) is 56.9 Å². The molecule has 3 fully saturated rings. The van der Waals surface area contributed by atoms with Crippen molar-refractivity contribution in [2.24, 2.45) is 0 Å². The van der Waals surface area contributed by atoms with Crippen molar-refractivity contribution in [3.63, 3.8) is 0 Å². The average molecular weight is 405 g/mol. The predicted molar refractivity (Wildman–Crippen MR) is 119 cm³/mol. The molecule has 1 atom stereocenters. The van der Waals surface area contributed by atoms with Gasteiger partial charge >= 0.3 is 0 Å². The monoisotopic (exact) mass is 404 g/mol. The van der Waals surface area contributed by atoms with E-state index in [1.165, 1.54) is 37.7 Å². The number of rotatable bonds is 5. The summed E-state index contributed by atoms with van der Waals surface area (Å²) in [6, 6.07) is 18.7. The molecule has 1 amide bonds. The topological polar surface area (TPSA) is 32.8 Å². The van der Waals surface area contributed by atoms with E-state index in [4.69, 9.17) is 4.74 Å². The lowest BCUT2D eigenvalue weighted by atomic mass is 9.92. The molecule has 158 valence electrons. The molecule has 0 bridgehead atoms. The van der Waals surface area contributed by atoms with Crippen LogP contribution in [-0.4, -0.2) is 40.4 Å². The molecular formula is C26H32N2O2. The van der Waals surface area contributed by atoms with E-state index in [0.29, 0.717) is 11.9 Å². The minimum atomic E-state index is -0.253. The van der Waals surface area contributed by atoms with E-state index in [1.807, 2.05) is 42.5 Å². The van der Waals surface area contributed by atoms with Crippen LogP contribution in [-0.2, 0) is 11.3 Å². The molecule has 2 aromatic rings. The Balaban J connectivity index is 1.26. The largest absolute Gasteiger partial charge is 0.457 e. The Bertz CT molecular complexity index is 860. The van der Waals surface area contributed by atoms with Crippen LogP contribution >= 0.6 is 0 Å². The zero-order chi connectivity index (χ0) is 20.4. The number of benzene rings is 2. The number of hydrogen-bond donors (Lipinski definition) is 0. The number of para-hydroxylation sites is 1. The summed E-state index contributed by atoms with van der Waals surface area (Å²) in [7, 11) is 0. The van der Waals surface area contributed by atoms with E-state index in [9.17, 15) is 4.79 Å². The Kier molecular flexibility index (Phi) is 5.51. The number of carbonyl (C=O) groups excluding carboxylic acids is 1. The SMILES string of the molecule is O=C1N(C2CCCCC2)CCC12CCCN2Cc1ccc(Oc2ccccc2)cc1. The molecule has 4 heteroatoms. The molecule has 1 unspecified atom stereocenters. The second kappa shape index (κ2) is 8.43. The standard InChI is InChI=1S/C26H32N2O2/c29-25-26(17-19-28(25)22-8-3-1-4-9-22)16-7-18-27(26)20-21-12-14-24(15-13-21)30-23-10-5-2-6-11-23/h2,5-6,10-15,22H,1,3-4,7-9,16-20H2. The Morgan fingerprint density at radius 2 is 1.57 bits per heavy atom. The minimum absolute atomic E-state index is 0.253. The quantitative estimate of drug-likeness (QED) is 0.671. The minimum Gasteiger partial charge on any atom is -0.457 e. The molecular weight excluding hydrogens is 372 g/mol. The number of nitrogens with zero attached hydrogens (tertiary/aromatic N) is 2. The van der Waals surface area contributed by atoms with E-state index >= 15 is 0 Å². The molecule has 4 nitrogen and oxygen atoms in total. The summed E-state index contributed by atoms with van der Waals surface area (Å²) in [5, 5.41) is 0. The average Bonchev–Trinajstić information content (AvgIpc) is 3.35. The molecule has 2 heterocycles. The van der Waals surface area contributed by atoms with Crippen molar-refractivity contribution in [1.29, 1.82) is 0 Å². The van der Waals surface area contributed by atoms with Crippen LogP contribution < -0.4 is 4.74 Å². The molecule has 1 spiro atoms. The van der Waals surface area contributed by atoms with Gasteiger partial charge < -0.3 is 9.64 Å². The van der Waals surface area contributed by atoms with Gasteiger partial charge in [-0.3, -0.25) is 9.69 Å². The fourth-order valence-electron chi connectivity index (χ4n) is 5.72. The number of ether oxygens (including phenoxy) is 1. The molecule has 30 heavy (non-hydrogen) atoms. The van der Waals surface area contributed by atoms with Crippen LogP contribution in [0.3, 0.4) is 0 Å². The molecule has 1 saturated carbocycles. The van der Waals surface area contributed by atoms with Crippen molar-refractivity contribution >= 4 is 5.91 Å². The fraction of sp³-hybridized carbons (Fsp3) is 0.500.